The third kappa shape index (κ3) is 5.03. The molecule has 0 aliphatic heterocycles. The lowest BCUT2D eigenvalue weighted by atomic mass is 10.1. The van der Waals surface area contributed by atoms with Crippen molar-refractivity contribution in [2.75, 3.05) is 19.5 Å². The quantitative estimate of drug-likeness (QED) is 0.571. The molecule has 0 bridgehead atoms. The molecule has 0 aliphatic rings. The number of amides is 1. The Kier molecular flexibility index (Phi) is 5.80. The SMILES string of the molecule is COC(=O)C(N)c1cc(NC(=O)OC(C)(C)C)c(O)c(OC)c1. The summed E-state index contributed by atoms with van der Waals surface area (Å²) in [5.74, 6) is -0.923. The fourth-order valence-electron chi connectivity index (χ4n) is 1.74. The minimum Gasteiger partial charge on any atom is -0.503 e. The number of phenols is 1. The molecule has 1 amide bonds. The normalized spacial score (nSPS) is 12.3. The molecule has 0 saturated heterocycles. The van der Waals surface area contributed by atoms with Gasteiger partial charge in [-0.25, -0.2) is 4.79 Å². The van der Waals surface area contributed by atoms with Crippen LogP contribution in [-0.4, -0.2) is 37.0 Å². The predicted molar refractivity (Wildman–Crippen MR) is 83.5 cm³/mol. The van der Waals surface area contributed by atoms with Crippen molar-refractivity contribution in [2.45, 2.75) is 32.4 Å². The summed E-state index contributed by atoms with van der Waals surface area (Å²) in [6.45, 7) is 5.11. The van der Waals surface area contributed by atoms with Gasteiger partial charge in [0, 0.05) is 0 Å². The molecule has 0 spiro atoms. The third-order valence-corrected chi connectivity index (χ3v) is 2.77. The van der Waals surface area contributed by atoms with Crippen molar-refractivity contribution < 1.29 is 28.9 Å². The highest BCUT2D eigenvalue weighted by Crippen LogP contribution is 2.37. The standard InChI is InChI=1S/C15H22N2O6/c1-15(2,3)23-14(20)17-9-6-8(11(16)13(19)22-5)7-10(21-4)12(9)18/h6-7,11,18H,16H2,1-5H3,(H,17,20). The number of hydrogen-bond donors (Lipinski definition) is 3. The molecule has 128 valence electrons. The van der Waals surface area contributed by atoms with Crippen LogP contribution < -0.4 is 15.8 Å². The highest BCUT2D eigenvalue weighted by molar-refractivity contribution is 5.88. The van der Waals surface area contributed by atoms with Gasteiger partial charge in [-0.15, -0.1) is 0 Å². The van der Waals surface area contributed by atoms with Crippen molar-refractivity contribution in [3.05, 3.63) is 17.7 Å². The number of phenolic OH excluding ortho intramolecular Hbond substituents is 1. The second-order valence-electron chi connectivity index (χ2n) is 5.75. The molecular formula is C15H22N2O6. The molecule has 1 aromatic rings. The Labute approximate surface area is 134 Å². The van der Waals surface area contributed by atoms with E-state index in [2.05, 4.69) is 10.1 Å². The van der Waals surface area contributed by atoms with Crippen LogP contribution in [0.3, 0.4) is 0 Å². The number of nitrogens with one attached hydrogen (secondary N) is 1. The minimum absolute atomic E-state index is 0.00736. The molecule has 1 rings (SSSR count). The van der Waals surface area contributed by atoms with Gasteiger partial charge in [0.05, 0.1) is 19.9 Å². The van der Waals surface area contributed by atoms with Crippen LogP contribution in [0.2, 0.25) is 0 Å². The first kappa shape index (κ1) is 18.6. The van der Waals surface area contributed by atoms with E-state index >= 15 is 0 Å². The van der Waals surface area contributed by atoms with E-state index in [-0.39, 0.29) is 17.2 Å². The molecule has 0 saturated carbocycles. The number of anilines is 1. The molecule has 8 nitrogen and oxygen atoms in total. The van der Waals surface area contributed by atoms with Gasteiger partial charge in [-0.3, -0.25) is 10.1 Å². The van der Waals surface area contributed by atoms with Gasteiger partial charge < -0.3 is 25.1 Å². The number of hydrogen-bond acceptors (Lipinski definition) is 7. The van der Waals surface area contributed by atoms with Crippen LogP contribution in [-0.2, 0) is 14.3 Å². The molecule has 1 unspecified atom stereocenters. The summed E-state index contributed by atoms with van der Waals surface area (Å²) < 4.78 is 14.7. The van der Waals surface area contributed by atoms with Gasteiger partial charge in [-0.05, 0) is 38.5 Å². The van der Waals surface area contributed by atoms with Gasteiger partial charge in [0.25, 0.3) is 0 Å². The minimum atomic E-state index is -1.09. The lowest BCUT2D eigenvalue weighted by Crippen LogP contribution is -2.27. The molecule has 1 atom stereocenters. The molecular weight excluding hydrogens is 304 g/mol. The zero-order valence-corrected chi connectivity index (χ0v) is 13.8. The fraction of sp³-hybridized carbons (Fsp3) is 0.467. The second kappa shape index (κ2) is 7.19. The molecule has 1 aromatic carbocycles. The molecule has 0 radical (unpaired) electrons. The predicted octanol–water partition coefficient (Wildman–Crippen LogP) is 1.92. The zero-order chi connectivity index (χ0) is 17.8. The van der Waals surface area contributed by atoms with E-state index in [1.54, 1.807) is 20.8 Å². The lowest BCUT2D eigenvalue weighted by Gasteiger charge is -2.21. The zero-order valence-electron chi connectivity index (χ0n) is 13.8. The van der Waals surface area contributed by atoms with E-state index in [1.807, 2.05) is 0 Å². The monoisotopic (exact) mass is 326 g/mol. The number of nitrogens with two attached hydrogens (primary N) is 1. The highest BCUT2D eigenvalue weighted by atomic mass is 16.6. The maximum absolute atomic E-state index is 11.8. The number of benzene rings is 1. The Balaban J connectivity index is 3.16. The first-order valence-corrected chi connectivity index (χ1v) is 6.83. The summed E-state index contributed by atoms with van der Waals surface area (Å²) in [7, 11) is 2.54. The number of rotatable bonds is 4. The van der Waals surface area contributed by atoms with Crippen molar-refractivity contribution in [3.8, 4) is 11.5 Å². The fourth-order valence-corrected chi connectivity index (χ4v) is 1.74. The Morgan fingerprint density at radius 2 is 1.87 bits per heavy atom. The van der Waals surface area contributed by atoms with Crippen LogP contribution in [0.5, 0.6) is 11.5 Å². The van der Waals surface area contributed by atoms with Crippen molar-refractivity contribution >= 4 is 17.7 Å². The van der Waals surface area contributed by atoms with Gasteiger partial charge in [-0.2, -0.15) is 0 Å². The second-order valence-corrected chi connectivity index (χ2v) is 5.75. The van der Waals surface area contributed by atoms with Crippen LogP contribution in [0.4, 0.5) is 10.5 Å². The Morgan fingerprint density at radius 1 is 1.26 bits per heavy atom. The smallest absolute Gasteiger partial charge is 0.412 e. The van der Waals surface area contributed by atoms with Crippen molar-refractivity contribution in [2.24, 2.45) is 5.73 Å². The molecule has 8 heteroatoms. The highest BCUT2D eigenvalue weighted by Gasteiger charge is 2.23. The van der Waals surface area contributed by atoms with Crippen molar-refractivity contribution in [1.29, 1.82) is 0 Å². The molecule has 0 heterocycles. The van der Waals surface area contributed by atoms with E-state index in [4.69, 9.17) is 15.2 Å². The number of aromatic hydroxyl groups is 1. The number of carbonyl (C=O) groups excluding carboxylic acids is 2. The number of carbonyl (C=O) groups is 2. The first-order valence-electron chi connectivity index (χ1n) is 6.83. The van der Waals surface area contributed by atoms with Crippen LogP contribution in [0.25, 0.3) is 0 Å². The van der Waals surface area contributed by atoms with Gasteiger partial charge in [0.1, 0.15) is 11.6 Å². The average Bonchev–Trinajstić information content (AvgIpc) is 2.45. The summed E-state index contributed by atoms with van der Waals surface area (Å²) in [6.07, 6.45) is -0.765. The van der Waals surface area contributed by atoms with E-state index in [9.17, 15) is 14.7 Å². The van der Waals surface area contributed by atoms with E-state index in [0.717, 1.165) is 0 Å². The summed E-state index contributed by atoms with van der Waals surface area (Å²) in [6, 6.07) is 1.65. The van der Waals surface area contributed by atoms with Crippen LogP contribution in [0, 0.1) is 0 Å². The van der Waals surface area contributed by atoms with Crippen LogP contribution in [0.1, 0.15) is 32.4 Å². The van der Waals surface area contributed by atoms with Crippen LogP contribution >= 0.6 is 0 Å². The molecule has 0 aliphatic carbocycles. The number of ether oxygens (including phenoxy) is 3. The van der Waals surface area contributed by atoms with Crippen molar-refractivity contribution in [3.63, 3.8) is 0 Å². The van der Waals surface area contributed by atoms with E-state index in [1.165, 1.54) is 26.4 Å². The Bertz CT molecular complexity index is 594. The summed E-state index contributed by atoms with van der Waals surface area (Å²) in [4.78, 5) is 23.4. The Morgan fingerprint density at radius 3 is 2.35 bits per heavy atom. The van der Waals surface area contributed by atoms with E-state index in [0.29, 0.717) is 5.56 Å². The topological polar surface area (TPSA) is 120 Å². The maximum atomic E-state index is 11.8. The third-order valence-electron chi connectivity index (χ3n) is 2.77. The first-order chi connectivity index (χ1) is 10.6. The average molecular weight is 326 g/mol. The molecule has 23 heavy (non-hydrogen) atoms. The lowest BCUT2D eigenvalue weighted by molar-refractivity contribution is -0.142. The van der Waals surface area contributed by atoms with Gasteiger partial charge in [0.2, 0.25) is 0 Å². The molecule has 0 fully saturated rings. The largest absolute Gasteiger partial charge is 0.503 e. The molecule has 4 N–H and O–H groups in total. The summed E-state index contributed by atoms with van der Waals surface area (Å²) in [5.41, 5.74) is 5.37. The maximum Gasteiger partial charge on any atom is 0.412 e. The van der Waals surface area contributed by atoms with Crippen molar-refractivity contribution in [1.82, 2.24) is 0 Å². The van der Waals surface area contributed by atoms with Gasteiger partial charge >= 0.3 is 12.1 Å². The van der Waals surface area contributed by atoms with Crippen LogP contribution in [0.15, 0.2) is 12.1 Å². The number of esters is 1. The van der Waals surface area contributed by atoms with Gasteiger partial charge in [-0.1, -0.05) is 0 Å². The summed E-state index contributed by atoms with van der Waals surface area (Å²) in [5, 5.41) is 12.5. The van der Waals surface area contributed by atoms with E-state index < -0.39 is 23.7 Å². The number of methoxy groups -OCH3 is 2. The van der Waals surface area contributed by atoms with Gasteiger partial charge in [0.15, 0.2) is 11.5 Å². The molecule has 0 aromatic heterocycles. The summed E-state index contributed by atoms with van der Waals surface area (Å²) >= 11 is 0. The Hall–Kier alpha value is -2.48.